The van der Waals surface area contributed by atoms with E-state index >= 15 is 0 Å². The molecule has 0 unspecified atom stereocenters. The van der Waals surface area contributed by atoms with Crippen molar-refractivity contribution in [1.82, 2.24) is 0 Å². The van der Waals surface area contributed by atoms with Crippen LogP contribution in [0.5, 0.6) is 5.75 Å². The third-order valence-corrected chi connectivity index (χ3v) is 3.56. The second-order valence-electron chi connectivity index (χ2n) is 3.09. The molecule has 0 aliphatic rings. The Balaban J connectivity index is 2.04. The van der Waals surface area contributed by atoms with E-state index in [9.17, 15) is 8.78 Å². The van der Waals surface area contributed by atoms with E-state index < -0.39 is 11.6 Å². The van der Waals surface area contributed by atoms with Crippen molar-refractivity contribution in [3.63, 3.8) is 0 Å². The summed E-state index contributed by atoms with van der Waals surface area (Å²) in [5.41, 5.74) is 0. The minimum atomic E-state index is -0.685. The van der Waals surface area contributed by atoms with Gasteiger partial charge < -0.3 is 4.74 Å². The van der Waals surface area contributed by atoms with Crippen LogP contribution in [0.4, 0.5) is 8.78 Å². The topological polar surface area (TPSA) is 9.23 Å². The summed E-state index contributed by atoms with van der Waals surface area (Å²) in [6, 6.07) is 5.15. The molecule has 2 rings (SSSR count). The van der Waals surface area contributed by atoms with Gasteiger partial charge in [0.1, 0.15) is 12.4 Å². The van der Waals surface area contributed by atoms with E-state index in [1.54, 1.807) is 0 Å². The summed E-state index contributed by atoms with van der Waals surface area (Å²) in [6.07, 6.45) is 0. The highest BCUT2D eigenvalue weighted by Gasteiger charge is 2.05. The van der Waals surface area contributed by atoms with Gasteiger partial charge in [-0.3, -0.25) is 0 Å². The zero-order chi connectivity index (χ0) is 11.5. The van der Waals surface area contributed by atoms with E-state index in [0.29, 0.717) is 0 Å². The summed E-state index contributed by atoms with van der Waals surface area (Å²) < 4.78 is 32.0. The Morgan fingerprint density at radius 1 is 1.25 bits per heavy atom. The molecule has 1 nitrogen and oxygen atoms in total. The van der Waals surface area contributed by atoms with Gasteiger partial charge in [-0.15, -0.1) is 11.3 Å². The molecular formula is C11H7BrF2OS. The standard InChI is InChI=1S/C11H7BrF2OS/c12-7-3-9(16-6-7)5-15-11-2-1-8(13)4-10(11)14/h1-4,6H,5H2. The van der Waals surface area contributed by atoms with E-state index in [0.717, 1.165) is 15.4 Å². The predicted molar refractivity (Wildman–Crippen MR) is 62.7 cm³/mol. The summed E-state index contributed by atoms with van der Waals surface area (Å²) in [5, 5.41) is 1.92. The van der Waals surface area contributed by atoms with Crippen molar-refractivity contribution in [2.45, 2.75) is 6.61 Å². The Bertz CT molecular complexity index is 498. The molecule has 0 atom stereocenters. The van der Waals surface area contributed by atoms with Crippen molar-refractivity contribution < 1.29 is 13.5 Å². The van der Waals surface area contributed by atoms with Crippen LogP contribution in [-0.2, 0) is 6.61 Å². The monoisotopic (exact) mass is 304 g/mol. The summed E-state index contributed by atoms with van der Waals surface area (Å²) in [7, 11) is 0. The minimum absolute atomic E-state index is 0.0610. The van der Waals surface area contributed by atoms with E-state index in [-0.39, 0.29) is 12.4 Å². The first-order chi connectivity index (χ1) is 7.65. The van der Waals surface area contributed by atoms with Gasteiger partial charge in [-0.05, 0) is 34.1 Å². The van der Waals surface area contributed by atoms with Crippen molar-refractivity contribution in [3.8, 4) is 5.75 Å². The maximum Gasteiger partial charge on any atom is 0.167 e. The minimum Gasteiger partial charge on any atom is -0.485 e. The smallest absolute Gasteiger partial charge is 0.167 e. The lowest BCUT2D eigenvalue weighted by molar-refractivity contribution is 0.292. The Labute approximate surface area is 104 Å². The van der Waals surface area contributed by atoms with Gasteiger partial charge in [-0.1, -0.05) is 0 Å². The molecule has 0 aliphatic heterocycles. The van der Waals surface area contributed by atoms with Crippen LogP contribution < -0.4 is 4.74 Å². The molecule has 84 valence electrons. The highest BCUT2D eigenvalue weighted by atomic mass is 79.9. The van der Waals surface area contributed by atoms with Crippen LogP contribution in [0.2, 0.25) is 0 Å². The number of hydrogen-bond acceptors (Lipinski definition) is 2. The molecule has 0 fully saturated rings. The average molecular weight is 305 g/mol. The third-order valence-electron chi connectivity index (χ3n) is 1.89. The fraction of sp³-hybridized carbons (Fsp3) is 0.0909. The molecule has 0 saturated carbocycles. The van der Waals surface area contributed by atoms with Gasteiger partial charge in [0, 0.05) is 20.8 Å². The summed E-state index contributed by atoms with van der Waals surface area (Å²) in [6.45, 7) is 0.277. The number of hydrogen-bond donors (Lipinski definition) is 0. The zero-order valence-corrected chi connectivity index (χ0v) is 10.4. The van der Waals surface area contributed by atoms with Gasteiger partial charge in [0.05, 0.1) is 0 Å². The van der Waals surface area contributed by atoms with Crippen LogP contribution in [0, 0.1) is 11.6 Å². The molecule has 0 N–H and O–H groups in total. The predicted octanol–water partition coefficient (Wildman–Crippen LogP) is 4.37. The van der Waals surface area contributed by atoms with E-state index in [1.807, 2.05) is 11.4 Å². The van der Waals surface area contributed by atoms with Gasteiger partial charge in [-0.25, -0.2) is 8.78 Å². The van der Waals surface area contributed by atoms with Gasteiger partial charge >= 0.3 is 0 Å². The van der Waals surface area contributed by atoms with Crippen molar-refractivity contribution in [2.75, 3.05) is 0 Å². The molecule has 16 heavy (non-hydrogen) atoms. The normalized spacial score (nSPS) is 10.4. The van der Waals surface area contributed by atoms with Crippen LogP contribution in [0.15, 0.2) is 34.1 Å². The maximum atomic E-state index is 13.2. The lowest BCUT2D eigenvalue weighted by atomic mass is 10.3. The molecule has 0 bridgehead atoms. The lowest BCUT2D eigenvalue weighted by Gasteiger charge is -2.05. The van der Waals surface area contributed by atoms with Crippen molar-refractivity contribution in [2.24, 2.45) is 0 Å². The van der Waals surface area contributed by atoms with Gasteiger partial charge in [0.25, 0.3) is 0 Å². The zero-order valence-electron chi connectivity index (χ0n) is 8.04. The molecule has 1 heterocycles. The van der Waals surface area contributed by atoms with Gasteiger partial charge in [0.15, 0.2) is 11.6 Å². The fourth-order valence-electron chi connectivity index (χ4n) is 1.17. The number of thiophene rings is 1. The first-order valence-electron chi connectivity index (χ1n) is 4.46. The molecule has 1 aromatic heterocycles. The quantitative estimate of drug-likeness (QED) is 0.818. The summed E-state index contributed by atoms with van der Waals surface area (Å²) in [5.74, 6) is -1.23. The average Bonchev–Trinajstić information content (AvgIpc) is 2.63. The summed E-state index contributed by atoms with van der Waals surface area (Å²) >= 11 is 4.82. The summed E-state index contributed by atoms with van der Waals surface area (Å²) in [4.78, 5) is 0.968. The number of rotatable bonds is 3. The SMILES string of the molecule is Fc1ccc(OCc2cc(Br)cs2)c(F)c1. The lowest BCUT2D eigenvalue weighted by Crippen LogP contribution is -1.95. The molecule has 1 aromatic carbocycles. The molecule has 0 amide bonds. The third kappa shape index (κ3) is 2.80. The number of halogens is 3. The highest BCUT2D eigenvalue weighted by Crippen LogP contribution is 2.23. The van der Waals surface area contributed by atoms with E-state index in [4.69, 9.17) is 4.74 Å². The van der Waals surface area contributed by atoms with Crippen LogP contribution in [0.3, 0.4) is 0 Å². The first-order valence-corrected chi connectivity index (χ1v) is 6.13. The number of ether oxygens (including phenoxy) is 1. The van der Waals surface area contributed by atoms with Crippen LogP contribution in [-0.4, -0.2) is 0 Å². The van der Waals surface area contributed by atoms with Crippen molar-refractivity contribution in [1.29, 1.82) is 0 Å². The molecule has 2 aromatic rings. The van der Waals surface area contributed by atoms with Crippen LogP contribution >= 0.6 is 27.3 Å². The van der Waals surface area contributed by atoms with Gasteiger partial charge in [0.2, 0.25) is 0 Å². The van der Waals surface area contributed by atoms with Crippen molar-refractivity contribution in [3.05, 3.63) is 50.6 Å². The molecule has 0 aliphatic carbocycles. The largest absolute Gasteiger partial charge is 0.485 e. The first kappa shape index (κ1) is 11.5. The molecule has 0 spiro atoms. The Morgan fingerprint density at radius 2 is 2.06 bits per heavy atom. The Morgan fingerprint density at radius 3 is 2.69 bits per heavy atom. The second kappa shape index (κ2) is 4.93. The van der Waals surface area contributed by atoms with E-state index in [2.05, 4.69) is 15.9 Å². The molecular weight excluding hydrogens is 298 g/mol. The van der Waals surface area contributed by atoms with Gasteiger partial charge in [-0.2, -0.15) is 0 Å². The highest BCUT2D eigenvalue weighted by molar-refractivity contribution is 9.10. The second-order valence-corrected chi connectivity index (χ2v) is 5.01. The maximum absolute atomic E-state index is 13.2. The van der Waals surface area contributed by atoms with E-state index in [1.165, 1.54) is 23.5 Å². The van der Waals surface area contributed by atoms with Crippen molar-refractivity contribution >= 4 is 27.3 Å². The fourth-order valence-corrected chi connectivity index (χ4v) is 2.53. The number of benzene rings is 1. The Kier molecular flexibility index (Phi) is 3.56. The molecule has 5 heteroatoms. The Hall–Kier alpha value is -0.940. The molecule has 0 radical (unpaired) electrons. The van der Waals surface area contributed by atoms with Crippen LogP contribution in [0.1, 0.15) is 4.88 Å². The van der Waals surface area contributed by atoms with Crippen LogP contribution in [0.25, 0.3) is 0 Å². The molecule has 0 saturated heterocycles.